The summed E-state index contributed by atoms with van der Waals surface area (Å²) in [6.07, 6.45) is 6.17. The molecular formula is C7H12O3. The minimum Gasteiger partial charge on any atom is -0.393 e. The summed E-state index contributed by atoms with van der Waals surface area (Å²) in [4.78, 5) is 16.2. The second-order valence-corrected chi connectivity index (χ2v) is 2.38. The van der Waals surface area contributed by atoms with Crippen LogP contribution in [0.2, 0.25) is 0 Å². The Bertz CT molecular complexity index is 99.4. The highest BCUT2D eigenvalue weighted by Gasteiger charge is 2.07. The lowest BCUT2D eigenvalue weighted by atomic mass is 9.98. The molecule has 0 aliphatic heterocycles. The quantitative estimate of drug-likeness (QED) is 0.545. The fraction of sp³-hybridized carbons (Fsp3) is 0.857. The van der Waals surface area contributed by atoms with Crippen molar-refractivity contribution in [3.05, 3.63) is 0 Å². The van der Waals surface area contributed by atoms with Crippen molar-refractivity contribution in [1.82, 2.24) is 0 Å². The van der Waals surface area contributed by atoms with Gasteiger partial charge in [0.15, 0.2) is 0 Å². The van der Waals surface area contributed by atoms with Gasteiger partial charge >= 0.3 is 6.15 Å². The van der Waals surface area contributed by atoms with E-state index in [2.05, 4.69) is 0 Å². The first kappa shape index (κ1) is 9.34. The number of aliphatic hydroxyl groups excluding tert-OH is 1. The minimum atomic E-state index is 0.0359. The van der Waals surface area contributed by atoms with E-state index in [0.717, 1.165) is 12.8 Å². The van der Waals surface area contributed by atoms with Gasteiger partial charge in [0.05, 0.1) is 6.10 Å². The van der Waals surface area contributed by atoms with E-state index in [4.69, 9.17) is 14.7 Å². The van der Waals surface area contributed by atoms with Gasteiger partial charge in [-0.3, -0.25) is 0 Å². The zero-order chi connectivity index (χ0) is 7.82. The first-order valence-corrected chi connectivity index (χ1v) is 3.48. The van der Waals surface area contributed by atoms with Gasteiger partial charge in [-0.15, -0.1) is 0 Å². The van der Waals surface area contributed by atoms with Crippen molar-refractivity contribution in [3.63, 3.8) is 0 Å². The van der Waals surface area contributed by atoms with E-state index in [1.165, 1.54) is 19.3 Å². The van der Waals surface area contributed by atoms with E-state index >= 15 is 0 Å². The molecule has 10 heavy (non-hydrogen) atoms. The van der Waals surface area contributed by atoms with Crippen LogP contribution in [-0.2, 0) is 9.59 Å². The van der Waals surface area contributed by atoms with Gasteiger partial charge in [0.1, 0.15) is 0 Å². The van der Waals surface area contributed by atoms with Gasteiger partial charge in [-0.1, -0.05) is 19.3 Å². The van der Waals surface area contributed by atoms with Crippen molar-refractivity contribution in [2.24, 2.45) is 0 Å². The van der Waals surface area contributed by atoms with Crippen LogP contribution in [0.4, 0.5) is 0 Å². The molecule has 58 valence electrons. The molecule has 3 nitrogen and oxygen atoms in total. The summed E-state index contributed by atoms with van der Waals surface area (Å²) in [5, 5.41) is 8.91. The molecule has 1 aliphatic carbocycles. The Hall–Kier alpha value is -0.660. The Morgan fingerprint density at radius 3 is 1.70 bits per heavy atom. The van der Waals surface area contributed by atoms with Gasteiger partial charge in [0.2, 0.25) is 0 Å². The van der Waals surface area contributed by atoms with Crippen molar-refractivity contribution >= 4 is 6.15 Å². The SMILES string of the molecule is O=C=O.OC1CCCCC1. The first-order valence-electron chi connectivity index (χ1n) is 3.48. The van der Waals surface area contributed by atoms with E-state index < -0.39 is 0 Å². The molecule has 0 spiro atoms. The fourth-order valence-corrected chi connectivity index (χ4v) is 1.08. The molecule has 0 heterocycles. The normalized spacial score (nSPS) is 18.5. The Morgan fingerprint density at radius 1 is 1.10 bits per heavy atom. The maximum Gasteiger partial charge on any atom is 0.373 e. The largest absolute Gasteiger partial charge is 0.393 e. The number of hydrogen-bond donors (Lipinski definition) is 1. The van der Waals surface area contributed by atoms with Gasteiger partial charge in [0.25, 0.3) is 0 Å². The lowest BCUT2D eigenvalue weighted by Crippen LogP contribution is -2.09. The van der Waals surface area contributed by atoms with Crippen molar-refractivity contribution in [1.29, 1.82) is 0 Å². The molecule has 1 rings (SSSR count). The van der Waals surface area contributed by atoms with Gasteiger partial charge in [-0.25, -0.2) is 0 Å². The van der Waals surface area contributed by atoms with Crippen LogP contribution in [-0.4, -0.2) is 17.4 Å². The maximum atomic E-state index is 8.91. The second kappa shape index (κ2) is 6.46. The molecule has 1 aliphatic rings. The van der Waals surface area contributed by atoms with Gasteiger partial charge in [-0.05, 0) is 12.8 Å². The highest BCUT2D eigenvalue weighted by atomic mass is 16.3. The van der Waals surface area contributed by atoms with Crippen LogP contribution in [0.5, 0.6) is 0 Å². The molecule has 0 amide bonds. The van der Waals surface area contributed by atoms with Gasteiger partial charge in [0, 0.05) is 0 Å². The topological polar surface area (TPSA) is 54.4 Å². The highest BCUT2D eigenvalue weighted by Crippen LogP contribution is 2.16. The predicted molar refractivity (Wildman–Crippen MR) is 34.1 cm³/mol. The number of rotatable bonds is 0. The van der Waals surface area contributed by atoms with Crippen LogP contribution in [0.3, 0.4) is 0 Å². The van der Waals surface area contributed by atoms with Crippen molar-refractivity contribution in [2.75, 3.05) is 0 Å². The molecule has 0 unspecified atom stereocenters. The summed E-state index contributed by atoms with van der Waals surface area (Å²) in [7, 11) is 0. The molecule has 0 bridgehead atoms. The summed E-state index contributed by atoms with van der Waals surface area (Å²) in [6.45, 7) is 0. The van der Waals surface area contributed by atoms with Crippen molar-refractivity contribution in [2.45, 2.75) is 38.2 Å². The van der Waals surface area contributed by atoms with Crippen LogP contribution >= 0.6 is 0 Å². The molecule has 0 saturated heterocycles. The van der Waals surface area contributed by atoms with E-state index in [1.54, 1.807) is 0 Å². The molecule has 3 heteroatoms. The zero-order valence-corrected chi connectivity index (χ0v) is 5.88. The third-order valence-electron chi connectivity index (χ3n) is 1.57. The summed E-state index contributed by atoms with van der Waals surface area (Å²) >= 11 is 0. The second-order valence-electron chi connectivity index (χ2n) is 2.38. The van der Waals surface area contributed by atoms with Crippen molar-refractivity contribution in [3.8, 4) is 0 Å². The van der Waals surface area contributed by atoms with E-state index in [-0.39, 0.29) is 12.3 Å². The first-order chi connectivity index (χ1) is 4.81. The summed E-state index contributed by atoms with van der Waals surface area (Å²) in [5.41, 5.74) is 0. The standard InChI is InChI=1S/C6H12O.CO2/c7-6-4-2-1-3-5-6;2-1-3/h6-7H,1-5H2;. The summed E-state index contributed by atoms with van der Waals surface area (Å²) < 4.78 is 0. The molecule has 1 saturated carbocycles. The van der Waals surface area contributed by atoms with Crippen LogP contribution in [0.1, 0.15) is 32.1 Å². The van der Waals surface area contributed by atoms with Gasteiger partial charge in [-0.2, -0.15) is 9.59 Å². The molecule has 0 radical (unpaired) electrons. The average Bonchev–Trinajstić information content (AvgIpc) is 1.91. The van der Waals surface area contributed by atoms with Crippen LogP contribution in [0.15, 0.2) is 0 Å². The molecule has 0 aromatic heterocycles. The van der Waals surface area contributed by atoms with E-state index in [9.17, 15) is 0 Å². The van der Waals surface area contributed by atoms with Crippen molar-refractivity contribution < 1.29 is 14.7 Å². The fourth-order valence-electron chi connectivity index (χ4n) is 1.08. The molecule has 1 N–H and O–H groups in total. The third-order valence-corrected chi connectivity index (χ3v) is 1.57. The predicted octanol–water partition coefficient (Wildman–Crippen LogP) is 0.728. The van der Waals surface area contributed by atoms with Gasteiger partial charge < -0.3 is 5.11 Å². The average molecular weight is 144 g/mol. The molecule has 0 atom stereocenters. The zero-order valence-electron chi connectivity index (χ0n) is 5.88. The smallest absolute Gasteiger partial charge is 0.373 e. The van der Waals surface area contributed by atoms with E-state index in [0.29, 0.717) is 0 Å². The molecular weight excluding hydrogens is 132 g/mol. The summed E-state index contributed by atoms with van der Waals surface area (Å²) in [6, 6.07) is 0. The maximum absolute atomic E-state index is 8.91. The molecule has 0 aromatic rings. The van der Waals surface area contributed by atoms with E-state index in [1.807, 2.05) is 0 Å². The molecule has 1 fully saturated rings. The Kier molecular flexibility index (Phi) is 6.03. The third kappa shape index (κ3) is 5.48. The minimum absolute atomic E-state index is 0.0359. The highest BCUT2D eigenvalue weighted by molar-refractivity contribution is 5.20. The molecule has 0 aromatic carbocycles. The Balaban J connectivity index is 0.000000236. The van der Waals surface area contributed by atoms with Crippen LogP contribution in [0, 0.1) is 0 Å². The Labute approximate surface area is 60.0 Å². The Morgan fingerprint density at radius 2 is 1.50 bits per heavy atom. The van der Waals surface area contributed by atoms with Crippen LogP contribution < -0.4 is 0 Å². The number of hydrogen-bond acceptors (Lipinski definition) is 3. The number of carbonyl (C=O) groups excluding carboxylic acids is 2. The monoisotopic (exact) mass is 144 g/mol. The lowest BCUT2D eigenvalue weighted by Gasteiger charge is -2.14. The lowest BCUT2D eigenvalue weighted by molar-refractivity contribution is -0.191. The van der Waals surface area contributed by atoms with Crippen LogP contribution in [0.25, 0.3) is 0 Å². The number of aliphatic hydroxyl groups is 1. The summed E-state index contributed by atoms with van der Waals surface area (Å²) in [5.74, 6) is 0.